The Bertz CT molecular complexity index is 816. The highest BCUT2D eigenvalue weighted by Gasteiger charge is 2.11. The number of imidazole rings is 1. The standard InChI is InChI=1S/C17H13FIN3O/c18-13-3-6-16(19)15(9-13)17(23)21-14-4-1-12(2-5-14)10-22-8-7-20-11-22/h1-9,11H,10H2,(H,21,23). The molecule has 0 saturated heterocycles. The van der Waals surface area contributed by atoms with Gasteiger partial charge in [0.15, 0.2) is 0 Å². The molecule has 0 saturated carbocycles. The first-order chi connectivity index (χ1) is 11.1. The number of aromatic nitrogens is 2. The molecule has 0 atom stereocenters. The smallest absolute Gasteiger partial charge is 0.256 e. The van der Waals surface area contributed by atoms with Crippen molar-refractivity contribution in [2.24, 2.45) is 0 Å². The number of carbonyl (C=O) groups excluding carboxylic acids is 1. The number of benzene rings is 2. The third kappa shape index (κ3) is 3.95. The van der Waals surface area contributed by atoms with Gasteiger partial charge in [-0.1, -0.05) is 12.1 Å². The minimum absolute atomic E-state index is 0.323. The Hall–Kier alpha value is -2.22. The van der Waals surface area contributed by atoms with Gasteiger partial charge < -0.3 is 9.88 Å². The van der Waals surface area contributed by atoms with Gasteiger partial charge in [-0.25, -0.2) is 9.37 Å². The average Bonchev–Trinajstić information content (AvgIpc) is 3.04. The zero-order valence-electron chi connectivity index (χ0n) is 12.0. The summed E-state index contributed by atoms with van der Waals surface area (Å²) in [5.74, 6) is -0.748. The first-order valence-corrected chi connectivity index (χ1v) is 8.01. The molecule has 3 aromatic rings. The Balaban J connectivity index is 1.70. The Morgan fingerprint density at radius 1 is 1.22 bits per heavy atom. The van der Waals surface area contributed by atoms with Gasteiger partial charge >= 0.3 is 0 Å². The molecule has 0 aliphatic carbocycles. The number of rotatable bonds is 4. The fraction of sp³-hybridized carbons (Fsp3) is 0.0588. The maximum atomic E-state index is 13.3. The Morgan fingerprint density at radius 3 is 2.70 bits per heavy atom. The van der Waals surface area contributed by atoms with E-state index in [0.717, 1.165) is 12.1 Å². The van der Waals surface area contributed by atoms with Crippen LogP contribution in [-0.2, 0) is 6.54 Å². The summed E-state index contributed by atoms with van der Waals surface area (Å²) < 4.78 is 16.0. The van der Waals surface area contributed by atoms with Crippen molar-refractivity contribution in [1.29, 1.82) is 0 Å². The van der Waals surface area contributed by atoms with E-state index in [2.05, 4.69) is 10.3 Å². The summed E-state index contributed by atoms with van der Waals surface area (Å²) in [6.45, 7) is 0.718. The van der Waals surface area contributed by atoms with Gasteiger partial charge in [-0.2, -0.15) is 0 Å². The highest BCUT2D eigenvalue weighted by atomic mass is 127. The Morgan fingerprint density at radius 2 is 2.00 bits per heavy atom. The zero-order valence-corrected chi connectivity index (χ0v) is 14.2. The fourth-order valence-electron chi connectivity index (χ4n) is 2.15. The topological polar surface area (TPSA) is 46.9 Å². The van der Waals surface area contributed by atoms with Crippen molar-refractivity contribution >= 4 is 34.2 Å². The molecule has 116 valence electrons. The Kier molecular flexibility index (Phi) is 4.71. The van der Waals surface area contributed by atoms with Gasteiger partial charge in [0.2, 0.25) is 0 Å². The maximum absolute atomic E-state index is 13.3. The van der Waals surface area contributed by atoms with E-state index in [1.807, 2.05) is 57.6 Å². The van der Waals surface area contributed by atoms with Gasteiger partial charge in [0, 0.05) is 28.2 Å². The third-order valence-electron chi connectivity index (χ3n) is 3.31. The molecule has 0 unspecified atom stereocenters. The van der Waals surface area contributed by atoms with Crippen LogP contribution in [0.1, 0.15) is 15.9 Å². The highest BCUT2D eigenvalue weighted by Crippen LogP contribution is 2.17. The van der Waals surface area contributed by atoms with Crippen molar-refractivity contribution in [3.8, 4) is 0 Å². The number of nitrogens with zero attached hydrogens (tertiary/aromatic N) is 2. The predicted octanol–water partition coefficient (Wildman–Crippen LogP) is 3.93. The summed E-state index contributed by atoms with van der Waals surface area (Å²) in [5.41, 5.74) is 2.10. The van der Waals surface area contributed by atoms with Crippen molar-refractivity contribution in [2.75, 3.05) is 5.32 Å². The molecule has 1 heterocycles. The second-order valence-corrected chi connectivity index (χ2v) is 6.17. The number of carbonyl (C=O) groups is 1. The Labute approximate surface area is 146 Å². The van der Waals surface area contributed by atoms with Crippen LogP contribution in [0.3, 0.4) is 0 Å². The second-order valence-electron chi connectivity index (χ2n) is 5.01. The quantitative estimate of drug-likeness (QED) is 0.650. The number of hydrogen-bond donors (Lipinski definition) is 1. The molecule has 4 nitrogen and oxygen atoms in total. The van der Waals surface area contributed by atoms with Gasteiger partial charge in [-0.05, 0) is 58.5 Å². The van der Waals surface area contributed by atoms with Gasteiger partial charge in [0.25, 0.3) is 5.91 Å². The lowest BCUT2D eigenvalue weighted by atomic mass is 10.1. The van der Waals surface area contributed by atoms with Crippen LogP contribution in [0.5, 0.6) is 0 Å². The van der Waals surface area contributed by atoms with Crippen molar-refractivity contribution < 1.29 is 9.18 Å². The van der Waals surface area contributed by atoms with Crippen LogP contribution in [0.4, 0.5) is 10.1 Å². The summed E-state index contributed by atoms with van der Waals surface area (Å²) >= 11 is 2.02. The van der Waals surface area contributed by atoms with Crippen LogP contribution in [0.15, 0.2) is 61.2 Å². The van der Waals surface area contributed by atoms with Gasteiger partial charge in [0.05, 0.1) is 11.9 Å². The first-order valence-electron chi connectivity index (χ1n) is 6.93. The fourth-order valence-corrected chi connectivity index (χ4v) is 2.73. The molecule has 0 fully saturated rings. The zero-order chi connectivity index (χ0) is 16.2. The lowest BCUT2D eigenvalue weighted by Crippen LogP contribution is -2.13. The van der Waals surface area contributed by atoms with Crippen LogP contribution in [-0.4, -0.2) is 15.5 Å². The molecule has 0 bridgehead atoms. The number of hydrogen-bond acceptors (Lipinski definition) is 2. The monoisotopic (exact) mass is 421 g/mol. The van der Waals surface area contributed by atoms with E-state index in [-0.39, 0.29) is 5.91 Å². The maximum Gasteiger partial charge on any atom is 0.256 e. The molecule has 3 rings (SSSR count). The number of nitrogens with one attached hydrogen (secondary N) is 1. The summed E-state index contributed by atoms with van der Waals surface area (Å²) in [7, 11) is 0. The van der Waals surface area contributed by atoms with Crippen LogP contribution in [0.25, 0.3) is 0 Å². The van der Waals surface area contributed by atoms with Crippen LogP contribution < -0.4 is 5.32 Å². The van der Waals surface area contributed by atoms with Crippen molar-refractivity contribution in [3.63, 3.8) is 0 Å². The van der Waals surface area contributed by atoms with E-state index in [4.69, 9.17) is 0 Å². The van der Waals surface area contributed by atoms with E-state index < -0.39 is 5.82 Å². The van der Waals surface area contributed by atoms with E-state index >= 15 is 0 Å². The van der Waals surface area contributed by atoms with Crippen LogP contribution in [0.2, 0.25) is 0 Å². The molecule has 0 aliphatic heterocycles. The molecular formula is C17H13FIN3O. The normalized spacial score (nSPS) is 10.5. The summed E-state index contributed by atoms with van der Waals surface area (Å²) in [4.78, 5) is 16.2. The van der Waals surface area contributed by atoms with Crippen LogP contribution >= 0.6 is 22.6 Å². The molecule has 0 spiro atoms. The summed E-state index contributed by atoms with van der Waals surface area (Å²) in [5, 5.41) is 2.78. The lowest BCUT2D eigenvalue weighted by Gasteiger charge is -2.08. The van der Waals surface area contributed by atoms with Crippen molar-refractivity contribution in [1.82, 2.24) is 9.55 Å². The van der Waals surface area contributed by atoms with E-state index in [9.17, 15) is 9.18 Å². The molecule has 1 aromatic heterocycles. The molecule has 6 heteroatoms. The van der Waals surface area contributed by atoms with E-state index in [1.54, 1.807) is 18.6 Å². The van der Waals surface area contributed by atoms with Gasteiger partial charge in [0.1, 0.15) is 5.82 Å². The third-order valence-corrected chi connectivity index (χ3v) is 4.25. The molecular weight excluding hydrogens is 408 g/mol. The van der Waals surface area contributed by atoms with Gasteiger partial charge in [-0.15, -0.1) is 0 Å². The molecule has 23 heavy (non-hydrogen) atoms. The SMILES string of the molecule is O=C(Nc1ccc(Cn2ccnc2)cc1)c1cc(F)ccc1I. The molecule has 1 amide bonds. The van der Waals surface area contributed by atoms with Crippen LogP contribution in [0, 0.1) is 9.39 Å². The largest absolute Gasteiger partial charge is 0.333 e. The van der Waals surface area contributed by atoms with Crippen molar-refractivity contribution in [3.05, 3.63) is 81.7 Å². The lowest BCUT2D eigenvalue weighted by molar-refractivity contribution is 0.102. The molecule has 2 aromatic carbocycles. The average molecular weight is 421 g/mol. The van der Waals surface area contributed by atoms with E-state index in [1.165, 1.54) is 12.1 Å². The molecule has 1 N–H and O–H groups in total. The predicted molar refractivity (Wildman–Crippen MR) is 94.8 cm³/mol. The summed E-state index contributed by atoms with van der Waals surface area (Å²) in [6, 6.07) is 11.7. The first kappa shape index (κ1) is 15.7. The van der Waals surface area contributed by atoms with Crippen molar-refractivity contribution in [2.45, 2.75) is 6.54 Å². The number of amides is 1. The number of anilines is 1. The number of halogens is 2. The molecule has 0 radical (unpaired) electrons. The second kappa shape index (κ2) is 6.91. The molecule has 0 aliphatic rings. The minimum atomic E-state index is -0.425. The van der Waals surface area contributed by atoms with E-state index in [0.29, 0.717) is 14.8 Å². The summed E-state index contributed by atoms with van der Waals surface area (Å²) in [6.07, 6.45) is 5.37. The minimum Gasteiger partial charge on any atom is -0.333 e. The highest BCUT2D eigenvalue weighted by molar-refractivity contribution is 14.1. The van der Waals surface area contributed by atoms with Gasteiger partial charge in [-0.3, -0.25) is 4.79 Å².